The van der Waals surface area contributed by atoms with Crippen LogP contribution in [0.1, 0.15) is 22.8 Å². The van der Waals surface area contributed by atoms with Crippen LogP contribution in [0, 0.1) is 5.82 Å². The number of hydrogen-bond acceptors (Lipinski definition) is 5. The first-order valence-corrected chi connectivity index (χ1v) is 10.3. The minimum Gasteiger partial charge on any atom is -0.493 e. The smallest absolute Gasteiger partial charge is 0.255 e. The van der Waals surface area contributed by atoms with Gasteiger partial charge in [-0.2, -0.15) is 0 Å². The Balaban J connectivity index is 1.57. The summed E-state index contributed by atoms with van der Waals surface area (Å²) in [5, 5.41) is 2.92. The highest BCUT2D eigenvalue weighted by atomic mass is 79.9. The predicted molar refractivity (Wildman–Crippen MR) is 113 cm³/mol. The van der Waals surface area contributed by atoms with E-state index >= 15 is 0 Å². The predicted octanol–water partition coefficient (Wildman–Crippen LogP) is 3.20. The molecule has 1 atom stereocenters. The fourth-order valence-electron chi connectivity index (χ4n) is 3.22. The van der Waals surface area contributed by atoms with Crippen LogP contribution in [-0.2, 0) is 11.3 Å². The van der Waals surface area contributed by atoms with E-state index < -0.39 is 0 Å². The maximum atomic E-state index is 13.1. The van der Waals surface area contributed by atoms with Crippen molar-refractivity contribution < 1.29 is 18.7 Å². The van der Waals surface area contributed by atoms with Crippen molar-refractivity contribution in [3.8, 4) is 5.75 Å². The third kappa shape index (κ3) is 5.91. The average Bonchev–Trinajstić information content (AvgIpc) is 2.71. The molecule has 1 saturated heterocycles. The van der Waals surface area contributed by atoms with Crippen molar-refractivity contribution >= 4 is 27.5 Å². The number of ether oxygens (including phenoxy) is 2. The third-order valence-electron chi connectivity index (χ3n) is 4.68. The van der Waals surface area contributed by atoms with Crippen LogP contribution < -0.4 is 15.8 Å². The molecule has 2 aromatic carbocycles. The van der Waals surface area contributed by atoms with Crippen LogP contribution in [-0.4, -0.2) is 49.8 Å². The van der Waals surface area contributed by atoms with Crippen LogP contribution in [0.15, 0.2) is 40.9 Å². The van der Waals surface area contributed by atoms with E-state index in [1.807, 2.05) is 6.92 Å². The lowest BCUT2D eigenvalue weighted by Gasteiger charge is -2.33. The fourth-order valence-corrected chi connectivity index (χ4v) is 3.56. The second-order valence-electron chi connectivity index (χ2n) is 6.87. The van der Waals surface area contributed by atoms with Crippen LogP contribution >= 0.6 is 15.9 Å². The quantitative estimate of drug-likeness (QED) is 0.613. The number of amides is 1. The van der Waals surface area contributed by atoms with Crippen molar-refractivity contribution in [1.82, 2.24) is 10.2 Å². The number of carbonyl (C=O) groups is 1. The maximum Gasteiger partial charge on any atom is 0.255 e. The van der Waals surface area contributed by atoms with Gasteiger partial charge in [0.05, 0.1) is 24.9 Å². The first kappa shape index (κ1) is 21.5. The summed E-state index contributed by atoms with van der Waals surface area (Å²) >= 11 is 3.36. The monoisotopic (exact) mass is 465 g/mol. The second kappa shape index (κ2) is 10.0. The summed E-state index contributed by atoms with van der Waals surface area (Å²) in [7, 11) is 0. The Morgan fingerprint density at radius 3 is 2.86 bits per heavy atom. The summed E-state index contributed by atoms with van der Waals surface area (Å²) in [6.45, 7) is 5.44. The van der Waals surface area contributed by atoms with Crippen molar-refractivity contribution in [3.05, 3.63) is 57.8 Å². The van der Waals surface area contributed by atoms with E-state index in [2.05, 4.69) is 26.1 Å². The van der Waals surface area contributed by atoms with Gasteiger partial charge in [0.2, 0.25) is 0 Å². The summed E-state index contributed by atoms with van der Waals surface area (Å²) in [5.74, 6) is -0.0290. The van der Waals surface area contributed by atoms with E-state index in [-0.39, 0.29) is 17.8 Å². The van der Waals surface area contributed by atoms with Crippen molar-refractivity contribution in [3.63, 3.8) is 0 Å². The van der Waals surface area contributed by atoms with Gasteiger partial charge in [-0.3, -0.25) is 9.69 Å². The summed E-state index contributed by atoms with van der Waals surface area (Å²) in [6.07, 6.45) is -0.124. The zero-order chi connectivity index (χ0) is 20.8. The number of nitrogens with one attached hydrogen (secondary N) is 1. The van der Waals surface area contributed by atoms with Gasteiger partial charge in [-0.25, -0.2) is 4.39 Å². The standard InChI is InChI=1S/C21H25BrFN3O3/c1-2-28-20-10-19(24)18(22)9-17(20)21(27)25-11-16-13-26(7-8-29-16)12-14-3-5-15(23)6-4-14/h3-6,9-10,16H,2,7-8,11-13,24H2,1H3,(H,25,27). The van der Waals surface area contributed by atoms with Crippen LogP contribution in [0.2, 0.25) is 0 Å². The van der Waals surface area contributed by atoms with Crippen LogP contribution in [0.4, 0.5) is 10.1 Å². The average molecular weight is 466 g/mol. The Hall–Kier alpha value is -2.16. The van der Waals surface area contributed by atoms with E-state index in [1.165, 1.54) is 12.1 Å². The molecule has 0 saturated carbocycles. The number of nitrogens with zero attached hydrogens (tertiary/aromatic N) is 1. The SMILES string of the molecule is CCOc1cc(N)c(Br)cc1C(=O)NCC1CN(Cc2ccc(F)cc2)CCO1. The molecule has 0 aromatic heterocycles. The number of morpholine rings is 1. The summed E-state index contributed by atoms with van der Waals surface area (Å²) in [6, 6.07) is 9.82. The molecule has 3 rings (SSSR count). The van der Waals surface area contributed by atoms with Crippen LogP contribution in [0.3, 0.4) is 0 Å². The number of anilines is 1. The lowest BCUT2D eigenvalue weighted by Crippen LogP contribution is -2.47. The molecule has 29 heavy (non-hydrogen) atoms. The third-order valence-corrected chi connectivity index (χ3v) is 5.36. The summed E-state index contributed by atoms with van der Waals surface area (Å²) < 4.78 is 25.1. The molecule has 3 N–H and O–H groups in total. The molecular weight excluding hydrogens is 441 g/mol. The molecule has 8 heteroatoms. The van der Waals surface area contributed by atoms with Gasteiger partial charge in [-0.1, -0.05) is 12.1 Å². The first-order valence-electron chi connectivity index (χ1n) is 9.54. The van der Waals surface area contributed by atoms with E-state index in [1.54, 1.807) is 24.3 Å². The minimum atomic E-state index is -0.242. The Kier molecular flexibility index (Phi) is 7.46. The molecule has 156 valence electrons. The zero-order valence-corrected chi connectivity index (χ0v) is 17.9. The largest absolute Gasteiger partial charge is 0.493 e. The van der Waals surface area contributed by atoms with Gasteiger partial charge in [-0.05, 0) is 46.6 Å². The summed E-state index contributed by atoms with van der Waals surface area (Å²) in [5.41, 5.74) is 7.87. The molecule has 0 spiro atoms. The number of nitrogen functional groups attached to an aromatic ring is 1. The highest BCUT2D eigenvalue weighted by Crippen LogP contribution is 2.29. The molecule has 1 fully saturated rings. The van der Waals surface area contributed by atoms with E-state index in [4.69, 9.17) is 15.2 Å². The number of halogens is 2. The molecule has 0 radical (unpaired) electrons. The molecule has 1 heterocycles. The lowest BCUT2D eigenvalue weighted by molar-refractivity contribution is -0.0292. The molecule has 2 aromatic rings. The first-order chi connectivity index (χ1) is 14.0. The highest BCUT2D eigenvalue weighted by molar-refractivity contribution is 9.10. The molecule has 6 nitrogen and oxygen atoms in total. The summed E-state index contributed by atoms with van der Waals surface area (Å²) in [4.78, 5) is 14.9. The molecule has 0 bridgehead atoms. The lowest BCUT2D eigenvalue weighted by atomic mass is 10.1. The molecule has 1 aliphatic heterocycles. The highest BCUT2D eigenvalue weighted by Gasteiger charge is 2.22. The second-order valence-corrected chi connectivity index (χ2v) is 7.72. The fraction of sp³-hybridized carbons (Fsp3) is 0.381. The molecule has 1 unspecified atom stereocenters. The van der Waals surface area contributed by atoms with Crippen molar-refractivity contribution in [2.24, 2.45) is 0 Å². The Bertz CT molecular complexity index is 848. The van der Waals surface area contributed by atoms with Crippen LogP contribution in [0.25, 0.3) is 0 Å². The molecule has 1 aliphatic rings. The maximum absolute atomic E-state index is 13.1. The van der Waals surface area contributed by atoms with E-state index in [9.17, 15) is 9.18 Å². The van der Waals surface area contributed by atoms with Gasteiger partial charge >= 0.3 is 0 Å². The number of rotatable bonds is 7. The van der Waals surface area contributed by atoms with Gasteiger partial charge in [-0.15, -0.1) is 0 Å². The van der Waals surface area contributed by atoms with Gasteiger partial charge in [0.1, 0.15) is 11.6 Å². The number of benzene rings is 2. The van der Waals surface area contributed by atoms with Crippen LogP contribution in [0.5, 0.6) is 5.75 Å². The van der Waals surface area contributed by atoms with E-state index in [0.29, 0.717) is 54.3 Å². The van der Waals surface area contributed by atoms with Gasteiger partial charge in [0.25, 0.3) is 5.91 Å². The van der Waals surface area contributed by atoms with E-state index in [0.717, 1.165) is 12.1 Å². The van der Waals surface area contributed by atoms with Crippen molar-refractivity contribution in [2.45, 2.75) is 19.6 Å². The Morgan fingerprint density at radius 1 is 1.38 bits per heavy atom. The van der Waals surface area contributed by atoms with Gasteiger partial charge < -0.3 is 20.5 Å². The number of nitrogens with two attached hydrogens (primary N) is 1. The Morgan fingerprint density at radius 2 is 2.14 bits per heavy atom. The van der Waals surface area contributed by atoms with Gasteiger partial charge in [0.15, 0.2) is 0 Å². The number of carbonyl (C=O) groups excluding carboxylic acids is 1. The Labute approximate surface area is 178 Å². The van der Waals surface area contributed by atoms with Crippen molar-refractivity contribution in [1.29, 1.82) is 0 Å². The molecule has 1 amide bonds. The number of hydrogen-bond donors (Lipinski definition) is 2. The van der Waals surface area contributed by atoms with Gasteiger partial charge in [0, 0.05) is 42.4 Å². The van der Waals surface area contributed by atoms with Crippen molar-refractivity contribution in [2.75, 3.05) is 38.6 Å². The zero-order valence-electron chi connectivity index (χ0n) is 16.3. The molecular formula is C21H25BrFN3O3. The normalized spacial score (nSPS) is 17.1. The minimum absolute atomic E-state index is 0.124. The molecule has 0 aliphatic carbocycles. The topological polar surface area (TPSA) is 76.8 Å².